The third-order valence-corrected chi connectivity index (χ3v) is 5.16. The molecule has 0 fully saturated rings. The molecule has 0 rings (SSSR count). The van der Waals surface area contributed by atoms with E-state index in [2.05, 4.69) is 18.8 Å². The third kappa shape index (κ3) is 16.0. The largest absolute Gasteiger partial charge is 0.464 e. The van der Waals surface area contributed by atoms with Crippen LogP contribution in [0.1, 0.15) is 118 Å². The molecule has 0 bridgehead atoms. The van der Waals surface area contributed by atoms with E-state index in [4.69, 9.17) is 16.2 Å². The summed E-state index contributed by atoms with van der Waals surface area (Å²) in [6.45, 7) is 8.92. The van der Waals surface area contributed by atoms with Crippen molar-refractivity contribution in [2.45, 2.75) is 123 Å². The van der Waals surface area contributed by atoms with Gasteiger partial charge < -0.3 is 16.2 Å². The monoisotopic (exact) mass is 517 g/mol. The molecule has 0 unspecified atom stereocenters. The van der Waals surface area contributed by atoms with E-state index >= 15 is 0 Å². The van der Waals surface area contributed by atoms with Crippen molar-refractivity contribution in [2.24, 2.45) is 22.4 Å². The van der Waals surface area contributed by atoms with Gasteiger partial charge in [0.2, 0.25) is 0 Å². The van der Waals surface area contributed by atoms with Gasteiger partial charge in [0.05, 0.1) is 6.61 Å². The van der Waals surface area contributed by atoms with Gasteiger partial charge in [-0.25, -0.2) is 9.79 Å². The first-order valence-electron chi connectivity index (χ1n) is 11.7. The van der Waals surface area contributed by atoms with Gasteiger partial charge in [-0.05, 0) is 18.8 Å². The number of nitrogens with zero attached hydrogens (tertiary/aromatic N) is 1. The Hall–Kier alpha value is -0.461. The molecule has 0 aliphatic heterocycles. The summed E-state index contributed by atoms with van der Waals surface area (Å²) < 4.78 is 5.60. The minimum absolute atomic E-state index is 0. The summed E-state index contributed by atoms with van der Waals surface area (Å²) in [5.41, 5.74) is 10.6. The van der Waals surface area contributed by atoms with Crippen LogP contribution in [0.3, 0.4) is 0 Å². The van der Waals surface area contributed by atoms with Crippen molar-refractivity contribution in [3.05, 3.63) is 0 Å². The summed E-state index contributed by atoms with van der Waals surface area (Å²) in [5, 5.41) is 0. The Morgan fingerprint density at radius 1 is 0.828 bits per heavy atom. The number of hydrogen-bond donors (Lipinski definition) is 2. The molecule has 4 radical (unpaired) electrons. The number of esters is 1. The summed E-state index contributed by atoms with van der Waals surface area (Å²) >= 11 is 0. The van der Waals surface area contributed by atoms with Crippen molar-refractivity contribution in [1.82, 2.24) is 0 Å². The van der Waals surface area contributed by atoms with Crippen molar-refractivity contribution in [3.8, 4) is 0 Å². The van der Waals surface area contributed by atoms with Gasteiger partial charge in [0, 0.05) is 23.9 Å². The maximum absolute atomic E-state index is 13.0. The maximum atomic E-state index is 13.0. The second-order valence-electron chi connectivity index (χ2n) is 8.60. The molecular weight excluding hydrogens is 469 g/mol. The predicted octanol–water partition coefficient (Wildman–Crippen LogP) is 5.32. The molecule has 0 saturated carbocycles. The molecule has 29 heavy (non-hydrogen) atoms. The van der Waals surface area contributed by atoms with E-state index in [1.54, 1.807) is 0 Å². The topological polar surface area (TPSA) is 90.7 Å². The van der Waals surface area contributed by atoms with Gasteiger partial charge >= 0.3 is 5.97 Å². The van der Waals surface area contributed by atoms with Crippen molar-refractivity contribution in [3.63, 3.8) is 0 Å². The molecule has 0 aliphatic carbocycles. The van der Waals surface area contributed by atoms with Crippen molar-refractivity contribution >= 4 is 35.8 Å². The quantitative estimate of drug-likeness (QED) is 0.0849. The Morgan fingerprint density at radius 3 is 1.62 bits per heavy atom. The summed E-state index contributed by atoms with van der Waals surface area (Å²) in [6.07, 6.45) is 15.4. The van der Waals surface area contributed by atoms with Crippen LogP contribution in [0.5, 0.6) is 0 Å². The number of carbonyl (C=O) groups is 1. The summed E-state index contributed by atoms with van der Waals surface area (Å²) in [5.74, 6) is 0.0270. The van der Waals surface area contributed by atoms with Crippen LogP contribution in [-0.2, 0) is 9.53 Å². The SMILES string of the molecule is CCCCCCCCC(CCCCCCCC)(N=C(N)N)C(=O)OCC(C)C.[Sn]. The zero-order valence-electron chi connectivity index (χ0n) is 19.6. The number of nitrogens with two attached hydrogens (primary N) is 2. The van der Waals surface area contributed by atoms with Crippen LogP contribution in [0, 0.1) is 5.92 Å². The van der Waals surface area contributed by atoms with E-state index in [0.29, 0.717) is 25.4 Å². The first kappa shape index (κ1) is 30.7. The maximum Gasteiger partial charge on any atom is 0.334 e. The molecule has 0 aliphatic rings. The fourth-order valence-corrected chi connectivity index (χ4v) is 3.51. The molecule has 0 aromatic carbocycles. The van der Waals surface area contributed by atoms with Gasteiger partial charge in [-0.15, -0.1) is 0 Å². The number of rotatable bonds is 18. The molecule has 0 saturated heterocycles. The standard InChI is InChI=1S/C23H47N3O2.Sn/c1-5-7-9-11-13-15-17-23(26-22(24)25,21(27)28-19-20(3)4)18-16-14-12-10-8-6-2;/h20H,5-19H2,1-4H3,(H4,24,25,26);. The predicted molar refractivity (Wildman–Crippen MR) is 126 cm³/mol. The van der Waals surface area contributed by atoms with Gasteiger partial charge in [0.15, 0.2) is 11.5 Å². The Balaban J connectivity index is 0. The zero-order chi connectivity index (χ0) is 21.3. The Kier molecular flexibility index (Phi) is 20.7. The summed E-state index contributed by atoms with van der Waals surface area (Å²) in [7, 11) is 0. The molecular formula is C23H47N3O2Sn. The molecule has 5 nitrogen and oxygen atoms in total. The van der Waals surface area contributed by atoms with Crippen molar-refractivity contribution in [1.29, 1.82) is 0 Å². The molecule has 4 N–H and O–H groups in total. The van der Waals surface area contributed by atoms with Crippen molar-refractivity contribution < 1.29 is 9.53 Å². The minimum atomic E-state index is -0.913. The van der Waals surface area contributed by atoms with Gasteiger partial charge in [0.25, 0.3) is 0 Å². The van der Waals surface area contributed by atoms with Crippen LogP contribution < -0.4 is 11.5 Å². The number of guanidine groups is 1. The van der Waals surface area contributed by atoms with E-state index in [9.17, 15) is 4.79 Å². The number of unbranched alkanes of at least 4 members (excludes halogenated alkanes) is 10. The average Bonchev–Trinajstić information content (AvgIpc) is 2.64. The van der Waals surface area contributed by atoms with Crippen LogP contribution in [0.2, 0.25) is 0 Å². The molecule has 0 aromatic rings. The van der Waals surface area contributed by atoms with E-state index in [1.807, 2.05) is 13.8 Å². The van der Waals surface area contributed by atoms with Crippen LogP contribution in [0.15, 0.2) is 4.99 Å². The van der Waals surface area contributed by atoms with E-state index in [0.717, 1.165) is 25.7 Å². The average molecular weight is 516 g/mol. The van der Waals surface area contributed by atoms with Gasteiger partial charge in [0.1, 0.15) is 0 Å². The number of ether oxygens (including phenoxy) is 1. The Bertz CT molecular complexity index is 408. The smallest absolute Gasteiger partial charge is 0.334 e. The van der Waals surface area contributed by atoms with Gasteiger partial charge in [-0.3, -0.25) is 0 Å². The second kappa shape index (κ2) is 19.5. The normalized spacial score (nSPS) is 11.2. The zero-order valence-corrected chi connectivity index (χ0v) is 22.5. The van der Waals surface area contributed by atoms with Gasteiger partial charge in [-0.2, -0.15) is 0 Å². The first-order valence-corrected chi connectivity index (χ1v) is 11.7. The fourth-order valence-electron chi connectivity index (χ4n) is 3.51. The number of hydrogen-bond acceptors (Lipinski definition) is 3. The summed E-state index contributed by atoms with van der Waals surface area (Å²) in [4.78, 5) is 17.4. The molecule has 0 atom stereocenters. The molecule has 0 aromatic heterocycles. The number of aliphatic imine (C=N–C) groups is 1. The van der Waals surface area contributed by atoms with Crippen LogP contribution in [-0.4, -0.2) is 48.0 Å². The van der Waals surface area contributed by atoms with Crippen LogP contribution in [0.4, 0.5) is 0 Å². The molecule has 0 amide bonds. The van der Waals surface area contributed by atoms with Gasteiger partial charge in [-0.1, -0.05) is 105 Å². The fraction of sp³-hybridized carbons (Fsp3) is 0.913. The first-order chi connectivity index (χ1) is 13.4. The Labute approximate surface area is 197 Å². The Morgan fingerprint density at radius 2 is 1.24 bits per heavy atom. The van der Waals surface area contributed by atoms with Crippen molar-refractivity contribution in [2.75, 3.05) is 6.61 Å². The third-order valence-electron chi connectivity index (χ3n) is 5.16. The molecule has 0 spiro atoms. The van der Waals surface area contributed by atoms with Crippen LogP contribution in [0.25, 0.3) is 0 Å². The van der Waals surface area contributed by atoms with Crippen LogP contribution >= 0.6 is 0 Å². The van der Waals surface area contributed by atoms with E-state index in [1.165, 1.54) is 51.4 Å². The molecule has 6 heteroatoms. The minimum Gasteiger partial charge on any atom is -0.464 e. The van der Waals surface area contributed by atoms with E-state index in [-0.39, 0.29) is 35.8 Å². The summed E-state index contributed by atoms with van der Waals surface area (Å²) in [6, 6.07) is 0. The second-order valence-corrected chi connectivity index (χ2v) is 8.60. The number of carbonyl (C=O) groups excluding carboxylic acids is 1. The molecule has 0 heterocycles. The van der Waals surface area contributed by atoms with E-state index < -0.39 is 5.54 Å². The molecule has 170 valence electrons.